The Morgan fingerprint density at radius 3 is 2.67 bits per heavy atom. The maximum absolute atomic E-state index is 11.2. The number of carbonyl (C=O) groups is 1. The highest BCUT2D eigenvalue weighted by Gasteiger charge is 2.35. The Hall–Kier alpha value is -1.57. The second kappa shape index (κ2) is 4.60. The average molecular weight is 243 g/mol. The van der Waals surface area contributed by atoms with Crippen LogP contribution in [-0.2, 0) is 24.1 Å². The van der Waals surface area contributed by atoms with Crippen LogP contribution in [0.3, 0.4) is 0 Å². The lowest BCUT2D eigenvalue weighted by Gasteiger charge is -2.26. The molecule has 2 rings (SSSR count). The van der Waals surface area contributed by atoms with Crippen molar-refractivity contribution in [2.45, 2.75) is 40.0 Å². The third-order valence-corrected chi connectivity index (χ3v) is 3.90. The summed E-state index contributed by atoms with van der Waals surface area (Å²) in [7, 11) is 0. The number of allylic oxidation sites excluding steroid dienone is 1. The summed E-state index contributed by atoms with van der Waals surface area (Å²) in [6.07, 6.45) is 3.00. The van der Waals surface area contributed by atoms with Crippen molar-refractivity contribution < 1.29 is 4.79 Å². The number of fused-ring (bicyclic) bond motifs is 1. The van der Waals surface area contributed by atoms with E-state index in [1.165, 1.54) is 23.6 Å². The fourth-order valence-electron chi connectivity index (χ4n) is 2.72. The van der Waals surface area contributed by atoms with Crippen molar-refractivity contribution in [3.05, 3.63) is 47.2 Å². The molecule has 1 aliphatic carbocycles. The van der Waals surface area contributed by atoms with Gasteiger partial charge in [-0.05, 0) is 36.0 Å². The SMILES string of the molecule is C=C(NC(C)=O)C1(C)Cc2ccc(CC)cc2C1. The summed E-state index contributed by atoms with van der Waals surface area (Å²) < 4.78 is 0. The predicted octanol–water partition coefficient (Wildman–Crippen LogP) is 3.00. The van der Waals surface area contributed by atoms with Crippen molar-refractivity contribution >= 4 is 5.91 Å². The van der Waals surface area contributed by atoms with Gasteiger partial charge in [0.25, 0.3) is 0 Å². The van der Waals surface area contributed by atoms with Gasteiger partial charge in [-0.25, -0.2) is 0 Å². The van der Waals surface area contributed by atoms with Gasteiger partial charge in [0.2, 0.25) is 5.91 Å². The normalized spacial score (nSPS) is 21.5. The Morgan fingerprint density at radius 1 is 1.39 bits per heavy atom. The second-order valence-electron chi connectivity index (χ2n) is 5.53. The summed E-state index contributed by atoms with van der Waals surface area (Å²) in [5.41, 5.74) is 4.97. The van der Waals surface area contributed by atoms with Crippen molar-refractivity contribution in [3.63, 3.8) is 0 Å². The van der Waals surface area contributed by atoms with Crippen LogP contribution in [0.1, 0.15) is 37.5 Å². The molecule has 1 aromatic rings. The number of hydrogen-bond donors (Lipinski definition) is 1. The summed E-state index contributed by atoms with van der Waals surface area (Å²) in [6.45, 7) is 9.93. The molecule has 1 N–H and O–H groups in total. The van der Waals surface area contributed by atoms with E-state index in [4.69, 9.17) is 0 Å². The summed E-state index contributed by atoms with van der Waals surface area (Å²) in [5.74, 6) is -0.0357. The maximum atomic E-state index is 11.2. The van der Waals surface area contributed by atoms with Crippen LogP contribution in [0.15, 0.2) is 30.5 Å². The Kier molecular flexibility index (Phi) is 3.29. The number of amides is 1. The van der Waals surface area contributed by atoms with Crippen molar-refractivity contribution in [1.82, 2.24) is 5.32 Å². The Balaban J connectivity index is 2.22. The first kappa shape index (κ1) is 12.9. The molecule has 2 nitrogen and oxygen atoms in total. The van der Waals surface area contributed by atoms with Gasteiger partial charge in [0.1, 0.15) is 0 Å². The van der Waals surface area contributed by atoms with Crippen LogP contribution in [0, 0.1) is 5.41 Å². The third kappa shape index (κ3) is 2.33. The molecule has 1 atom stereocenters. The summed E-state index contributed by atoms with van der Waals surface area (Å²) >= 11 is 0. The molecule has 0 fully saturated rings. The molecule has 96 valence electrons. The standard InChI is InChI=1S/C16H21NO/c1-5-13-6-7-14-9-16(4,10-15(14)8-13)11(2)17-12(3)18/h6-8H,2,5,9-10H2,1,3-4H3,(H,17,18). The average Bonchev–Trinajstić information content (AvgIpc) is 2.64. The van der Waals surface area contributed by atoms with Crippen LogP contribution in [0.4, 0.5) is 0 Å². The largest absolute Gasteiger partial charge is 0.330 e. The molecule has 0 saturated carbocycles. The summed E-state index contributed by atoms with van der Waals surface area (Å²) in [5, 5.41) is 2.86. The number of carbonyl (C=O) groups excluding carboxylic acids is 1. The lowest BCUT2D eigenvalue weighted by atomic mass is 9.84. The molecule has 0 bridgehead atoms. The Labute approximate surface area is 109 Å². The highest BCUT2D eigenvalue weighted by Crippen LogP contribution is 2.41. The van der Waals surface area contributed by atoms with Crippen molar-refractivity contribution in [2.24, 2.45) is 5.41 Å². The lowest BCUT2D eigenvalue weighted by molar-refractivity contribution is -0.118. The first-order chi connectivity index (χ1) is 8.44. The molecule has 1 aromatic carbocycles. The van der Waals surface area contributed by atoms with Gasteiger partial charge in [-0.2, -0.15) is 0 Å². The van der Waals surface area contributed by atoms with Crippen molar-refractivity contribution in [1.29, 1.82) is 0 Å². The zero-order chi connectivity index (χ0) is 13.3. The van der Waals surface area contributed by atoms with Gasteiger partial charge in [-0.1, -0.05) is 38.6 Å². The van der Waals surface area contributed by atoms with Crippen LogP contribution in [0.25, 0.3) is 0 Å². The van der Waals surface area contributed by atoms with E-state index in [1.54, 1.807) is 0 Å². The van der Waals surface area contributed by atoms with E-state index in [2.05, 4.69) is 43.9 Å². The quantitative estimate of drug-likeness (QED) is 0.868. The van der Waals surface area contributed by atoms with Crippen LogP contribution in [0.5, 0.6) is 0 Å². The molecule has 0 aliphatic heterocycles. The van der Waals surface area contributed by atoms with E-state index in [9.17, 15) is 4.79 Å². The van der Waals surface area contributed by atoms with Crippen LogP contribution in [-0.4, -0.2) is 5.91 Å². The van der Waals surface area contributed by atoms with Gasteiger partial charge in [0.15, 0.2) is 0 Å². The topological polar surface area (TPSA) is 29.1 Å². The van der Waals surface area contributed by atoms with E-state index in [0.717, 1.165) is 25.0 Å². The van der Waals surface area contributed by atoms with E-state index in [0.29, 0.717) is 0 Å². The highest BCUT2D eigenvalue weighted by molar-refractivity contribution is 5.75. The molecule has 0 saturated heterocycles. The van der Waals surface area contributed by atoms with Crippen molar-refractivity contribution in [2.75, 3.05) is 0 Å². The molecule has 1 aliphatic rings. The lowest BCUT2D eigenvalue weighted by Crippen LogP contribution is -2.31. The van der Waals surface area contributed by atoms with Gasteiger partial charge in [0, 0.05) is 18.0 Å². The zero-order valence-corrected chi connectivity index (χ0v) is 11.5. The molecule has 0 radical (unpaired) electrons. The molecule has 1 unspecified atom stereocenters. The first-order valence-electron chi connectivity index (χ1n) is 6.52. The minimum atomic E-state index is -0.0413. The third-order valence-electron chi connectivity index (χ3n) is 3.90. The summed E-state index contributed by atoms with van der Waals surface area (Å²) in [6, 6.07) is 6.72. The molecule has 2 heteroatoms. The minimum absolute atomic E-state index is 0.0357. The number of hydrogen-bond acceptors (Lipinski definition) is 1. The van der Waals surface area contributed by atoms with Crippen LogP contribution >= 0.6 is 0 Å². The van der Waals surface area contributed by atoms with Gasteiger partial charge < -0.3 is 5.32 Å². The predicted molar refractivity (Wildman–Crippen MR) is 74.3 cm³/mol. The summed E-state index contributed by atoms with van der Waals surface area (Å²) in [4.78, 5) is 11.2. The molecular weight excluding hydrogens is 222 g/mol. The fourth-order valence-corrected chi connectivity index (χ4v) is 2.72. The number of nitrogens with one attached hydrogen (secondary N) is 1. The zero-order valence-electron chi connectivity index (χ0n) is 11.5. The van der Waals surface area contributed by atoms with Gasteiger partial charge in [-0.15, -0.1) is 0 Å². The Bertz CT molecular complexity index is 504. The van der Waals surface area contributed by atoms with E-state index >= 15 is 0 Å². The molecule has 18 heavy (non-hydrogen) atoms. The maximum Gasteiger partial charge on any atom is 0.220 e. The molecule has 1 amide bonds. The fraction of sp³-hybridized carbons (Fsp3) is 0.438. The van der Waals surface area contributed by atoms with Crippen LogP contribution < -0.4 is 5.32 Å². The highest BCUT2D eigenvalue weighted by atomic mass is 16.1. The van der Waals surface area contributed by atoms with E-state index < -0.39 is 0 Å². The van der Waals surface area contributed by atoms with Crippen LogP contribution in [0.2, 0.25) is 0 Å². The number of rotatable bonds is 3. The second-order valence-corrected chi connectivity index (χ2v) is 5.53. The first-order valence-corrected chi connectivity index (χ1v) is 6.52. The smallest absolute Gasteiger partial charge is 0.220 e. The van der Waals surface area contributed by atoms with Gasteiger partial charge >= 0.3 is 0 Å². The molecule has 0 aromatic heterocycles. The van der Waals surface area contributed by atoms with Crippen molar-refractivity contribution in [3.8, 4) is 0 Å². The number of benzene rings is 1. The van der Waals surface area contributed by atoms with Gasteiger partial charge in [0.05, 0.1) is 0 Å². The molecular formula is C16H21NO. The minimum Gasteiger partial charge on any atom is -0.330 e. The molecule has 0 spiro atoms. The van der Waals surface area contributed by atoms with Gasteiger partial charge in [-0.3, -0.25) is 4.79 Å². The van der Waals surface area contributed by atoms with E-state index in [1.807, 2.05) is 0 Å². The number of aryl methyl sites for hydroxylation is 1. The Morgan fingerprint density at radius 2 is 2.06 bits per heavy atom. The van der Waals surface area contributed by atoms with E-state index in [-0.39, 0.29) is 11.3 Å². The molecule has 0 heterocycles. The monoisotopic (exact) mass is 243 g/mol.